The van der Waals surface area contributed by atoms with Crippen LogP contribution in [0.4, 0.5) is 5.69 Å². The van der Waals surface area contributed by atoms with Crippen molar-refractivity contribution in [2.75, 3.05) is 19.5 Å². The van der Waals surface area contributed by atoms with Crippen molar-refractivity contribution in [3.8, 4) is 11.5 Å². The summed E-state index contributed by atoms with van der Waals surface area (Å²) in [6, 6.07) is 7.75. The maximum Gasteiger partial charge on any atom is 0.152 e. The lowest BCUT2D eigenvalue weighted by molar-refractivity contribution is 0.390. The molecular weight excluding hydrogens is 288 g/mol. The van der Waals surface area contributed by atoms with Crippen LogP contribution in [0.1, 0.15) is 24.1 Å². The van der Waals surface area contributed by atoms with Crippen LogP contribution in [-0.2, 0) is 0 Å². The Morgan fingerprint density at radius 1 is 1.19 bits per heavy atom. The molecular formula is C16H19ClN2O2. The number of nitrogens with one attached hydrogen (secondary N) is 1. The fourth-order valence-corrected chi connectivity index (χ4v) is 2.30. The van der Waals surface area contributed by atoms with Gasteiger partial charge in [-0.05, 0) is 37.6 Å². The number of benzene rings is 1. The van der Waals surface area contributed by atoms with Crippen LogP contribution in [0.15, 0.2) is 30.5 Å². The number of pyridine rings is 1. The maximum absolute atomic E-state index is 6.12. The van der Waals surface area contributed by atoms with Gasteiger partial charge in [-0.2, -0.15) is 0 Å². The number of hydrogen-bond donors (Lipinski definition) is 1. The van der Waals surface area contributed by atoms with E-state index in [4.69, 9.17) is 21.1 Å². The lowest BCUT2D eigenvalue weighted by atomic mass is 10.1. The average molecular weight is 307 g/mol. The Labute approximate surface area is 130 Å². The smallest absolute Gasteiger partial charge is 0.152 e. The van der Waals surface area contributed by atoms with E-state index in [1.165, 1.54) is 0 Å². The highest BCUT2D eigenvalue weighted by molar-refractivity contribution is 6.32. The Kier molecular flexibility index (Phi) is 4.91. The van der Waals surface area contributed by atoms with Crippen molar-refractivity contribution in [3.63, 3.8) is 0 Å². The largest absolute Gasteiger partial charge is 0.497 e. The molecule has 1 aromatic carbocycles. The van der Waals surface area contributed by atoms with E-state index in [9.17, 15) is 0 Å². The van der Waals surface area contributed by atoms with Crippen LogP contribution in [0.25, 0.3) is 0 Å². The van der Waals surface area contributed by atoms with Crippen LogP contribution >= 0.6 is 11.6 Å². The van der Waals surface area contributed by atoms with Gasteiger partial charge in [-0.25, -0.2) is 4.98 Å². The number of aromatic nitrogens is 1. The van der Waals surface area contributed by atoms with E-state index in [0.717, 1.165) is 28.3 Å². The zero-order valence-corrected chi connectivity index (χ0v) is 13.4. The second kappa shape index (κ2) is 6.68. The molecule has 0 saturated heterocycles. The summed E-state index contributed by atoms with van der Waals surface area (Å²) in [6.07, 6.45) is 1.74. The van der Waals surface area contributed by atoms with E-state index >= 15 is 0 Å². The van der Waals surface area contributed by atoms with E-state index < -0.39 is 0 Å². The van der Waals surface area contributed by atoms with Gasteiger partial charge >= 0.3 is 0 Å². The Morgan fingerprint density at radius 2 is 1.95 bits per heavy atom. The number of halogens is 1. The topological polar surface area (TPSA) is 43.4 Å². The summed E-state index contributed by atoms with van der Waals surface area (Å²) in [5.41, 5.74) is 2.88. The Bertz CT molecular complexity index is 632. The van der Waals surface area contributed by atoms with E-state index in [0.29, 0.717) is 5.15 Å². The SMILES string of the molecule is COc1ccc(C(C)Nc2cc(C)cnc2Cl)c(OC)c1. The zero-order chi connectivity index (χ0) is 15.4. The number of rotatable bonds is 5. The highest BCUT2D eigenvalue weighted by Crippen LogP contribution is 2.32. The van der Waals surface area contributed by atoms with Crippen LogP contribution in [-0.4, -0.2) is 19.2 Å². The fraction of sp³-hybridized carbons (Fsp3) is 0.312. The molecule has 1 N–H and O–H groups in total. The molecule has 0 radical (unpaired) electrons. The van der Waals surface area contributed by atoms with Crippen molar-refractivity contribution in [1.29, 1.82) is 0 Å². The van der Waals surface area contributed by atoms with E-state index in [1.807, 2.05) is 38.1 Å². The highest BCUT2D eigenvalue weighted by Gasteiger charge is 2.14. The maximum atomic E-state index is 6.12. The molecule has 0 amide bonds. The third-order valence-electron chi connectivity index (χ3n) is 3.25. The van der Waals surface area contributed by atoms with Crippen molar-refractivity contribution in [3.05, 3.63) is 46.7 Å². The minimum atomic E-state index is 0.0203. The second-order valence-electron chi connectivity index (χ2n) is 4.82. The van der Waals surface area contributed by atoms with Gasteiger partial charge in [0.15, 0.2) is 5.15 Å². The van der Waals surface area contributed by atoms with Gasteiger partial charge in [0, 0.05) is 17.8 Å². The molecule has 0 spiro atoms. The van der Waals surface area contributed by atoms with Gasteiger partial charge in [0.1, 0.15) is 11.5 Å². The number of aryl methyl sites for hydroxylation is 1. The fourth-order valence-electron chi connectivity index (χ4n) is 2.14. The van der Waals surface area contributed by atoms with Crippen LogP contribution in [0, 0.1) is 6.92 Å². The van der Waals surface area contributed by atoms with Gasteiger partial charge in [0.05, 0.1) is 25.9 Å². The monoisotopic (exact) mass is 306 g/mol. The summed E-state index contributed by atoms with van der Waals surface area (Å²) in [5.74, 6) is 1.53. The normalized spacial score (nSPS) is 11.9. The lowest BCUT2D eigenvalue weighted by Crippen LogP contribution is -2.09. The molecule has 112 valence electrons. The van der Waals surface area contributed by atoms with Gasteiger partial charge in [-0.1, -0.05) is 11.6 Å². The molecule has 5 heteroatoms. The van der Waals surface area contributed by atoms with Gasteiger partial charge in [-0.15, -0.1) is 0 Å². The first-order valence-corrected chi connectivity index (χ1v) is 7.03. The number of anilines is 1. The third-order valence-corrected chi connectivity index (χ3v) is 3.56. The number of ether oxygens (including phenoxy) is 2. The number of nitrogens with zero attached hydrogens (tertiary/aromatic N) is 1. The Hall–Kier alpha value is -1.94. The van der Waals surface area contributed by atoms with Crippen molar-refractivity contribution in [2.45, 2.75) is 19.9 Å². The second-order valence-corrected chi connectivity index (χ2v) is 5.18. The van der Waals surface area contributed by atoms with Crippen molar-refractivity contribution < 1.29 is 9.47 Å². The van der Waals surface area contributed by atoms with Crippen LogP contribution in [0.3, 0.4) is 0 Å². The number of methoxy groups -OCH3 is 2. The van der Waals surface area contributed by atoms with Gasteiger partial charge in [0.2, 0.25) is 0 Å². The standard InChI is InChI=1S/C16H19ClN2O2/c1-10-7-14(16(17)18-9-10)19-11(2)13-6-5-12(20-3)8-15(13)21-4/h5-9,11,19H,1-4H3. The third kappa shape index (κ3) is 3.58. The van der Waals surface area contributed by atoms with Crippen LogP contribution in [0.2, 0.25) is 5.15 Å². The molecule has 21 heavy (non-hydrogen) atoms. The molecule has 2 rings (SSSR count). The van der Waals surface area contributed by atoms with Gasteiger partial charge in [0.25, 0.3) is 0 Å². The highest BCUT2D eigenvalue weighted by atomic mass is 35.5. The molecule has 1 atom stereocenters. The summed E-state index contributed by atoms with van der Waals surface area (Å²) in [4.78, 5) is 4.15. The predicted octanol–water partition coefficient (Wildman–Crippen LogP) is 4.23. The molecule has 1 heterocycles. The molecule has 0 aliphatic carbocycles. The van der Waals surface area contributed by atoms with Crippen molar-refractivity contribution in [2.24, 2.45) is 0 Å². The number of hydrogen-bond acceptors (Lipinski definition) is 4. The van der Waals surface area contributed by atoms with Crippen LogP contribution in [0.5, 0.6) is 11.5 Å². The van der Waals surface area contributed by atoms with Crippen molar-refractivity contribution >= 4 is 17.3 Å². The molecule has 0 aliphatic rings. The quantitative estimate of drug-likeness (QED) is 0.839. The summed E-state index contributed by atoms with van der Waals surface area (Å²) < 4.78 is 10.6. The Morgan fingerprint density at radius 3 is 2.62 bits per heavy atom. The average Bonchev–Trinajstić information content (AvgIpc) is 2.50. The molecule has 2 aromatic rings. The van der Waals surface area contributed by atoms with Crippen molar-refractivity contribution in [1.82, 2.24) is 4.98 Å². The lowest BCUT2D eigenvalue weighted by Gasteiger charge is -2.19. The minimum absolute atomic E-state index is 0.0203. The summed E-state index contributed by atoms with van der Waals surface area (Å²) in [6.45, 7) is 4.02. The minimum Gasteiger partial charge on any atom is -0.497 e. The molecule has 0 bridgehead atoms. The first kappa shape index (κ1) is 15.4. The first-order valence-electron chi connectivity index (χ1n) is 6.65. The molecule has 1 unspecified atom stereocenters. The van der Waals surface area contributed by atoms with Gasteiger partial charge in [-0.3, -0.25) is 0 Å². The molecule has 4 nitrogen and oxygen atoms in total. The Balaban J connectivity index is 2.27. The molecule has 0 fully saturated rings. The van der Waals surface area contributed by atoms with Crippen LogP contribution < -0.4 is 14.8 Å². The van der Waals surface area contributed by atoms with E-state index in [-0.39, 0.29) is 6.04 Å². The molecule has 1 aromatic heterocycles. The molecule has 0 saturated carbocycles. The zero-order valence-electron chi connectivity index (χ0n) is 12.6. The summed E-state index contributed by atoms with van der Waals surface area (Å²) >= 11 is 6.12. The van der Waals surface area contributed by atoms with E-state index in [2.05, 4.69) is 10.3 Å². The van der Waals surface area contributed by atoms with Gasteiger partial charge < -0.3 is 14.8 Å². The van der Waals surface area contributed by atoms with E-state index in [1.54, 1.807) is 20.4 Å². The predicted molar refractivity (Wildman–Crippen MR) is 85.6 cm³/mol. The first-order chi connectivity index (χ1) is 10.0. The molecule has 0 aliphatic heterocycles. The summed E-state index contributed by atoms with van der Waals surface area (Å²) in [7, 11) is 3.28. The summed E-state index contributed by atoms with van der Waals surface area (Å²) in [5, 5.41) is 3.82.